The van der Waals surface area contributed by atoms with Crippen LogP contribution in [0.4, 0.5) is 20.5 Å². The average Bonchev–Trinajstić information content (AvgIpc) is 3.27. The molecule has 0 amide bonds. The number of benzene rings is 1. The van der Waals surface area contributed by atoms with Crippen LogP contribution in [0.3, 0.4) is 0 Å². The summed E-state index contributed by atoms with van der Waals surface area (Å²) in [6.07, 6.45) is 2.93. The van der Waals surface area contributed by atoms with Crippen LogP contribution in [0.1, 0.15) is 65.9 Å². The SMILES string of the molecule is Cc1nc2c(F)cc(-c3nc(Nc4ccc(CN5CCN(C(C)(C)C(C)(C)C)CC5)cn4)ncc3F)cc2n1C(C)C. The molecular formula is C32H42F2N8. The summed E-state index contributed by atoms with van der Waals surface area (Å²) in [6, 6.07) is 6.97. The van der Waals surface area contributed by atoms with E-state index in [9.17, 15) is 4.39 Å². The summed E-state index contributed by atoms with van der Waals surface area (Å²) in [4.78, 5) is 22.4. The van der Waals surface area contributed by atoms with Crippen molar-refractivity contribution >= 4 is 22.8 Å². The van der Waals surface area contributed by atoms with Crippen LogP contribution in [0.2, 0.25) is 0 Å². The normalized spacial score (nSPS) is 15.6. The molecule has 224 valence electrons. The van der Waals surface area contributed by atoms with Gasteiger partial charge in [-0.3, -0.25) is 9.80 Å². The number of nitrogens with one attached hydrogen (secondary N) is 1. The lowest BCUT2D eigenvalue weighted by atomic mass is 9.75. The van der Waals surface area contributed by atoms with Crippen LogP contribution in [0.5, 0.6) is 0 Å². The van der Waals surface area contributed by atoms with Crippen LogP contribution in [0.15, 0.2) is 36.7 Å². The fraction of sp³-hybridized carbons (Fsp3) is 0.500. The molecule has 0 spiro atoms. The van der Waals surface area contributed by atoms with Crippen molar-refractivity contribution in [2.24, 2.45) is 5.41 Å². The Kier molecular flexibility index (Phi) is 8.06. The lowest BCUT2D eigenvalue weighted by Gasteiger charge is -2.51. The highest BCUT2D eigenvalue weighted by atomic mass is 19.1. The predicted molar refractivity (Wildman–Crippen MR) is 164 cm³/mol. The van der Waals surface area contributed by atoms with Crippen molar-refractivity contribution in [3.05, 3.63) is 59.7 Å². The van der Waals surface area contributed by atoms with E-state index in [-0.39, 0.29) is 34.2 Å². The number of nitrogens with zero attached hydrogens (tertiary/aromatic N) is 7. The van der Waals surface area contributed by atoms with Crippen molar-refractivity contribution in [3.63, 3.8) is 0 Å². The number of rotatable bonds is 7. The van der Waals surface area contributed by atoms with E-state index in [1.165, 1.54) is 6.07 Å². The van der Waals surface area contributed by atoms with E-state index in [4.69, 9.17) is 0 Å². The molecule has 8 nitrogen and oxygen atoms in total. The molecule has 1 fully saturated rings. The zero-order valence-electron chi connectivity index (χ0n) is 26.0. The number of imidazole rings is 1. The van der Waals surface area contributed by atoms with Crippen LogP contribution < -0.4 is 5.32 Å². The molecule has 0 aliphatic carbocycles. The largest absolute Gasteiger partial charge is 0.326 e. The second kappa shape index (κ2) is 11.3. The molecule has 0 unspecified atom stereocenters. The van der Waals surface area contributed by atoms with Crippen molar-refractivity contribution in [1.29, 1.82) is 0 Å². The zero-order chi connectivity index (χ0) is 30.4. The quantitative estimate of drug-likeness (QED) is 0.261. The van der Waals surface area contributed by atoms with E-state index < -0.39 is 11.6 Å². The van der Waals surface area contributed by atoms with Gasteiger partial charge < -0.3 is 9.88 Å². The summed E-state index contributed by atoms with van der Waals surface area (Å²) in [6.45, 7) is 22.4. The number of anilines is 2. The molecule has 5 rings (SSSR count). The molecule has 1 aliphatic rings. The number of halogens is 2. The Labute approximate surface area is 247 Å². The van der Waals surface area contributed by atoms with Crippen molar-refractivity contribution in [1.82, 2.24) is 34.3 Å². The second-order valence-electron chi connectivity index (χ2n) is 13.1. The van der Waals surface area contributed by atoms with Crippen LogP contribution >= 0.6 is 0 Å². The maximum absolute atomic E-state index is 15.0. The smallest absolute Gasteiger partial charge is 0.229 e. The molecule has 1 aromatic carbocycles. The first-order chi connectivity index (χ1) is 19.7. The number of hydrogen-bond acceptors (Lipinski definition) is 7. The molecule has 0 atom stereocenters. The van der Waals surface area contributed by atoms with Crippen molar-refractivity contribution in [2.75, 3.05) is 31.5 Å². The summed E-state index contributed by atoms with van der Waals surface area (Å²) in [5.74, 6) is 0.263. The molecule has 1 N–H and O–H groups in total. The Morgan fingerprint density at radius 2 is 1.62 bits per heavy atom. The number of fused-ring (bicyclic) bond motifs is 1. The molecule has 1 saturated heterocycles. The van der Waals surface area contributed by atoms with E-state index in [2.05, 4.69) is 69.7 Å². The topological polar surface area (TPSA) is 75.0 Å². The third kappa shape index (κ3) is 5.87. The summed E-state index contributed by atoms with van der Waals surface area (Å²) in [7, 11) is 0. The summed E-state index contributed by atoms with van der Waals surface area (Å²) in [5, 5.41) is 3.06. The standard InChI is InChI=1S/C32H42F2N8/c1-20(2)42-21(3)37-29-24(33)15-23(16-26(29)42)28-25(34)18-36-30(39-28)38-27-10-9-22(17-35-27)19-40-11-13-41(14-12-40)32(7,8)31(4,5)6/h9-10,15-18,20H,11-14,19H2,1-8H3,(H,35,36,38,39). The van der Waals surface area contributed by atoms with Gasteiger partial charge in [-0.15, -0.1) is 0 Å². The van der Waals surface area contributed by atoms with Gasteiger partial charge in [-0.1, -0.05) is 26.8 Å². The van der Waals surface area contributed by atoms with Crippen molar-refractivity contribution < 1.29 is 8.78 Å². The third-order valence-electron chi connectivity index (χ3n) is 8.93. The molecule has 0 radical (unpaired) electrons. The van der Waals surface area contributed by atoms with E-state index in [1.54, 1.807) is 6.07 Å². The average molecular weight is 577 g/mol. The van der Waals surface area contributed by atoms with Crippen LogP contribution in [0, 0.1) is 24.0 Å². The molecule has 3 aromatic heterocycles. The Hall–Kier alpha value is -3.50. The van der Waals surface area contributed by atoms with Crippen molar-refractivity contribution in [3.8, 4) is 11.3 Å². The van der Waals surface area contributed by atoms with Crippen LogP contribution in [0.25, 0.3) is 22.3 Å². The minimum atomic E-state index is -0.638. The highest BCUT2D eigenvalue weighted by Crippen LogP contribution is 2.36. The molecule has 1 aliphatic heterocycles. The second-order valence-corrected chi connectivity index (χ2v) is 13.1. The minimum Gasteiger partial charge on any atom is -0.326 e. The zero-order valence-corrected chi connectivity index (χ0v) is 26.0. The number of pyridine rings is 1. The first-order valence-electron chi connectivity index (χ1n) is 14.6. The van der Waals surface area contributed by atoms with Gasteiger partial charge in [0.25, 0.3) is 0 Å². The maximum Gasteiger partial charge on any atom is 0.229 e. The van der Waals surface area contributed by atoms with Crippen LogP contribution in [-0.4, -0.2) is 66.0 Å². The molecule has 4 aromatic rings. The van der Waals surface area contributed by atoms with Gasteiger partial charge in [-0.2, -0.15) is 0 Å². The van der Waals surface area contributed by atoms with Gasteiger partial charge in [0.05, 0.1) is 11.7 Å². The Morgan fingerprint density at radius 3 is 2.24 bits per heavy atom. The summed E-state index contributed by atoms with van der Waals surface area (Å²) in [5.41, 5.74) is 2.64. The Balaban J connectivity index is 1.27. The van der Waals surface area contributed by atoms with Crippen LogP contribution in [-0.2, 0) is 6.54 Å². The number of piperazine rings is 1. The number of aromatic nitrogens is 5. The fourth-order valence-electron chi connectivity index (χ4n) is 5.59. The molecule has 0 saturated carbocycles. The number of hydrogen-bond donors (Lipinski definition) is 1. The predicted octanol–water partition coefficient (Wildman–Crippen LogP) is 6.74. The van der Waals surface area contributed by atoms with Gasteiger partial charge >= 0.3 is 0 Å². The van der Waals surface area contributed by atoms with E-state index in [0.717, 1.165) is 44.5 Å². The molecule has 10 heteroatoms. The van der Waals surface area contributed by atoms with Gasteiger partial charge in [0, 0.05) is 56.1 Å². The lowest BCUT2D eigenvalue weighted by Crippen LogP contribution is -2.59. The first-order valence-corrected chi connectivity index (χ1v) is 14.6. The Morgan fingerprint density at radius 1 is 0.905 bits per heavy atom. The molecule has 4 heterocycles. The lowest BCUT2D eigenvalue weighted by molar-refractivity contribution is -0.0141. The summed E-state index contributed by atoms with van der Waals surface area (Å²) < 4.78 is 31.8. The molecule has 42 heavy (non-hydrogen) atoms. The first kappa shape index (κ1) is 30.0. The number of aryl methyl sites for hydroxylation is 1. The molecular weight excluding hydrogens is 534 g/mol. The monoisotopic (exact) mass is 576 g/mol. The van der Waals surface area contributed by atoms with Gasteiger partial charge in [0.2, 0.25) is 5.95 Å². The van der Waals surface area contributed by atoms with Gasteiger partial charge in [0.15, 0.2) is 11.6 Å². The van der Waals surface area contributed by atoms with Crippen molar-refractivity contribution in [2.45, 2.75) is 73.5 Å². The van der Waals surface area contributed by atoms with Gasteiger partial charge in [-0.25, -0.2) is 28.7 Å². The van der Waals surface area contributed by atoms with E-state index in [0.29, 0.717) is 22.7 Å². The maximum atomic E-state index is 15.0. The Bertz CT molecular complexity index is 1560. The van der Waals surface area contributed by atoms with E-state index >= 15 is 4.39 Å². The highest BCUT2D eigenvalue weighted by molar-refractivity contribution is 5.83. The highest BCUT2D eigenvalue weighted by Gasteiger charge is 2.39. The van der Waals surface area contributed by atoms with E-state index in [1.807, 2.05) is 43.7 Å². The molecule has 0 bridgehead atoms. The fourth-order valence-corrected chi connectivity index (χ4v) is 5.59. The third-order valence-corrected chi connectivity index (χ3v) is 8.93. The van der Waals surface area contributed by atoms with Gasteiger partial charge in [0.1, 0.15) is 22.9 Å². The van der Waals surface area contributed by atoms with Gasteiger partial charge in [-0.05, 0) is 63.8 Å². The minimum absolute atomic E-state index is 0.00728. The summed E-state index contributed by atoms with van der Waals surface area (Å²) >= 11 is 0.